The van der Waals surface area contributed by atoms with Gasteiger partial charge < -0.3 is 19.0 Å². The van der Waals surface area contributed by atoms with Crippen LogP contribution in [0.5, 0.6) is 17.2 Å². The van der Waals surface area contributed by atoms with Crippen molar-refractivity contribution in [2.24, 2.45) is 0 Å². The van der Waals surface area contributed by atoms with E-state index in [1.165, 1.54) is 26.4 Å². The molecule has 6 heteroatoms. The van der Waals surface area contributed by atoms with Gasteiger partial charge in [0.2, 0.25) is 0 Å². The van der Waals surface area contributed by atoms with Gasteiger partial charge in [0.1, 0.15) is 11.1 Å². The van der Waals surface area contributed by atoms with Gasteiger partial charge in [0.15, 0.2) is 28.3 Å². The quantitative estimate of drug-likeness (QED) is 0.749. The average molecular weight is 377 g/mol. The van der Waals surface area contributed by atoms with Crippen LogP contribution in [0.1, 0.15) is 0 Å². The first kappa shape index (κ1) is 15.4. The lowest BCUT2D eigenvalue weighted by Crippen LogP contribution is -2.04. The molecule has 1 aromatic heterocycles. The molecule has 5 nitrogen and oxygen atoms in total. The number of hydrogen-bond acceptors (Lipinski definition) is 5. The first-order valence-electron chi connectivity index (χ1n) is 6.73. The summed E-state index contributed by atoms with van der Waals surface area (Å²) in [6.45, 7) is 0. The number of aromatic hydroxyl groups is 1. The summed E-state index contributed by atoms with van der Waals surface area (Å²) in [5.74, 6) is 0.670. The van der Waals surface area contributed by atoms with Gasteiger partial charge in [0.05, 0.1) is 14.2 Å². The molecule has 0 radical (unpaired) electrons. The molecule has 0 atom stereocenters. The molecular formula is C17H13BrO5. The molecule has 3 rings (SSSR count). The largest absolute Gasteiger partial charge is 0.504 e. The molecule has 0 spiro atoms. The Morgan fingerprint density at radius 1 is 1.09 bits per heavy atom. The van der Waals surface area contributed by atoms with E-state index in [2.05, 4.69) is 15.9 Å². The number of methoxy groups -OCH3 is 2. The molecule has 0 fully saturated rings. The molecular weight excluding hydrogens is 364 g/mol. The van der Waals surface area contributed by atoms with Crippen molar-refractivity contribution in [3.8, 4) is 28.6 Å². The number of ether oxygens (including phenoxy) is 2. The Labute approximate surface area is 140 Å². The summed E-state index contributed by atoms with van der Waals surface area (Å²) < 4.78 is 17.0. The molecule has 0 saturated heterocycles. The Morgan fingerprint density at radius 2 is 1.78 bits per heavy atom. The monoisotopic (exact) mass is 376 g/mol. The second-order valence-electron chi connectivity index (χ2n) is 4.82. The minimum absolute atomic E-state index is 0.0630. The van der Waals surface area contributed by atoms with Gasteiger partial charge in [-0.15, -0.1) is 0 Å². The van der Waals surface area contributed by atoms with Gasteiger partial charge in [-0.1, -0.05) is 28.1 Å². The van der Waals surface area contributed by atoms with Crippen LogP contribution < -0.4 is 14.9 Å². The van der Waals surface area contributed by atoms with Crippen molar-refractivity contribution in [2.45, 2.75) is 0 Å². The number of phenols is 1. The summed E-state index contributed by atoms with van der Waals surface area (Å²) in [5, 5.41) is 10.3. The van der Waals surface area contributed by atoms with E-state index in [-0.39, 0.29) is 33.6 Å². The first-order valence-corrected chi connectivity index (χ1v) is 7.52. The average Bonchev–Trinajstić information content (AvgIpc) is 2.55. The van der Waals surface area contributed by atoms with Crippen molar-refractivity contribution in [3.05, 3.63) is 51.1 Å². The van der Waals surface area contributed by atoms with Crippen LogP contribution in [0.25, 0.3) is 22.3 Å². The van der Waals surface area contributed by atoms with Crippen molar-refractivity contribution in [3.63, 3.8) is 0 Å². The topological polar surface area (TPSA) is 68.9 Å². The Hall–Kier alpha value is -2.47. The first-order chi connectivity index (χ1) is 11.0. The maximum absolute atomic E-state index is 12.5. The molecule has 2 aromatic carbocycles. The van der Waals surface area contributed by atoms with Crippen molar-refractivity contribution < 1.29 is 19.0 Å². The number of phenolic OH excluding ortho intramolecular Hbond substituents is 1. The Balaban J connectivity index is 2.33. The fourth-order valence-electron chi connectivity index (χ4n) is 2.38. The lowest BCUT2D eigenvalue weighted by Gasteiger charge is -2.12. The molecule has 23 heavy (non-hydrogen) atoms. The maximum Gasteiger partial charge on any atom is 0.197 e. The summed E-state index contributed by atoms with van der Waals surface area (Å²) in [6, 6.07) is 10.0. The van der Waals surface area contributed by atoms with Crippen LogP contribution in [0.2, 0.25) is 0 Å². The van der Waals surface area contributed by atoms with Crippen LogP contribution in [0, 0.1) is 0 Å². The van der Waals surface area contributed by atoms with Gasteiger partial charge in [-0.2, -0.15) is 0 Å². The Morgan fingerprint density at radius 3 is 2.39 bits per heavy atom. The standard InChI is InChI=1S/C17H13BrO5/c1-21-14-8-12(20)16-15(17(14)22-2)11(19)7-13(23-16)9-3-5-10(18)6-4-9/h3-8,20H,1-2H3. The van der Waals surface area contributed by atoms with E-state index in [4.69, 9.17) is 13.9 Å². The highest BCUT2D eigenvalue weighted by atomic mass is 79.9. The molecule has 0 bridgehead atoms. The van der Waals surface area contributed by atoms with E-state index in [0.29, 0.717) is 5.76 Å². The fourth-order valence-corrected chi connectivity index (χ4v) is 2.64. The van der Waals surface area contributed by atoms with Gasteiger partial charge in [0.25, 0.3) is 0 Å². The van der Waals surface area contributed by atoms with Gasteiger partial charge in [-0.05, 0) is 12.1 Å². The van der Waals surface area contributed by atoms with Crippen molar-refractivity contribution in [1.29, 1.82) is 0 Å². The minimum Gasteiger partial charge on any atom is -0.504 e. The number of rotatable bonds is 3. The molecule has 3 aromatic rings. The van der Waals surface area contributed by atoms with Gasteiger partial charge in [-0.25, -0.2) is 0 Å². The molecule has 1 N–H and O–H groups in total. The van der Waals surface area contributed by atoms with Crippen LogP contribution in [-0.2, 0) is 0 Å². The Kier molecular flexibility index (Phi) is 4.00. The second kappa shape index (κ2) is 5.96. The predicted molar refractivity (Wildman–Crippen MR) is 90.4 cm³/mol. The van der Waals surface area contributed by atoms with Crippen LogP contribution >= 0.6 is 15.9 Å². The molecule has 0 aliphatic carbocycles. The highest BCUT2D eigenvalue weighted by Gasteiger charge is 2.19. The van der Waals surface area contributed by atoms with E-state index in [1.54, 1.807) is 0 Å². The third-order valence-electron chi connectivity index (χ3n) is 3.45. The predicted octanol–water partition coefficient (Wildman–Crippen LogP) is 3.95. The zero-order valence-electron chi connectivity index (χ0n) is 12.4. The van der Waals surface area contributed by atoms with E-state index >= 15 is 0 Å². The van der Waals surface area contributed by atoms with Crippen molar-refractivity contribution in [2.75, 3.05) is 14.2 Å². The third kappa shape index (κ3) is 2.66. The summed E-state index contributed by atoms with van der Waals surface area (Å²) in [6.07, 6.45) is 0. The van der Waals surface area contributed by atoms with Gasteiger partial charge in [-0.3, -0.25) is 4.79 Å². The highest BCUT2D eigenvalue weighted by Crippen LogP contribution is 2.40. The van der Waals surface area contributed by atoms with Crippen molar-refractivity contribution in [1.82, 2.24) is 0 Å². The minimum atomic E-state index is -0.324. The zero-order chi connectivity index (χ0) is 16.6. The number of fused-ring (bicyclic) bond motifs is 1. The SMILES string of the molecule is COc1cc(O)c2oc(-c3ccc(Br)cc3)cc(=O)c2c1OC. The van der Waals surface area contributed by atoms with Crippen LogP contribution in [0.15, 0.2) is 50.1 Å². The molecule has 0 aliphatic heterocycles. The van der Waals surface area contributed by atoms with E-state index in [1.807, 2.05) is 24.3 Å². The number of benzene rings is 2. The van der Waals surface area contributed by atoms with Gasteiger partial charge >= 0.3 is 0 Å². The highest BCUT2D eigenvalue weighted by molar-refractivity contribution is 9.10. The summed E-state index contributed by atoms with van der Waals surface area (Å²) in [7, 11) is 2.86. The molecule has 0 aliphatic rings. The van der Waals surface area contributed by atoms with Crippen molar-refractivity contribution >= 4 is 26.9 Å². The molecule has 0 saturated carbocycles. The molecule has 0 unspecified atom stereocenters. The maximum atomic E-state index is 12.5. The van der Waals surface area contributed by atoms with E-state index < -0.39 is 0 Å². The fraction of sp³-hybridized carbons (Fsp3) is 0.118. The third-order valence-corrected chi connectivity index (χ3v) is 3.98. The van der Waals surface area contributed by atoms with E-state index in [0.717, 1.165) is 10.0 Å². The summed E-state index contributed by atoms with van der Waals surface area (Å²) in [4.78, 5) is 12.5. The normalized spacial score (nSPS) is 10.7. The lowest BCUT2D eigenvalue weighted by atomic mass is 10.1. The number of halogens is 1. The summed E-state index contributed by atoms with van der Waals surface area (Å²) in [5.41, 5.74) is 0.463. The lowest BCUT2D eigenvalue weighted by molar-refractivity contribution is 0.354. The molecule has 1 heterocycles. The van der Waals surface area contributed by atoms with Crippen LogP contribution in [0.4, 0.5) is 0 Å². The molecule has 118 valence electrons. The van der Waals surface area contributed by atoms with Crippen LogP contribution in [0.3, 0.4) is 0 Å². The van der Waals surface area contributed by atoms with Gasteiger partial charge in [0, 0.05) is 22.2 Å². The molecule has 0 amide bonds. The smallest absolute Gasteiger partial charge is 0.197 e. The zero-order valence-corrected chi connectivity index (χ0v) is 14.0. The second-order valence-corrected chi connectivity index (χ2v) is 5.73. The Bertz CT molecular complexity index is 928. The van der Waals surface area contributed by atoms with E-state index in [9.17, 15) is 9.90 Å². The number of hydrogen-bond donors (Lipinski definition) is 1. The van der Waals surface area contributed by atoms with Crippen LogP contribution in [-0.4, -0.2) is 19.3 Å². The summed E-state index contributed by atoms with van der Waals surface area (Å²) >= 11 is 3.36.